The Hall–Kier alpha value is -2.81. The van der Waals surface area contributed by atoms with Crippen molar-refractivity contribution in [1.82, 2.24) is 25.7 Å². The Labute approximate surface area is 186 Å². The molecule has 9 heteroatoms. The average molecular weight is 444 g/mol. The van der Waals surface area contributed by atoms with Gasteiger partial charge in [-0.1, -0.05) is 36.6 Å². The van der Waals surface area contributed by atoms with Gasteiger partial charge in [-0.15, -0.1) is 0 Å². The van der Waals surface area contributed by atoms with E-state index in [0.717, 1.165) is 45.1 Å². The Balaban J connectivity index is 1.33. The molecule has 0 bridgehead atoms. The van der Waals surface area contributed by atoms with Crippen LogP contribution in [0.2, 0.25) is 0 Å². The highest BCUT2D eigenvalue weighted by atomic mass is 19.1. The first-order chi connectivity index (χ1) is 15.5. The molecule has 1 aromatic carbocycles. The van der Waals surface area contributed by atoms with Crippen molar-refractivity contribution in [3.63, 3.8) is 0 Å². The molecule has 1 saturated carbocycles. The highest BCUT2D eigenvalue weighted by Crippen LogP contribution is 2.28. The van der Waals surface area contributed by atoms with Gasteiger partial charge in [0.1, 0.15) is 5.82 Å². The zero-order chi connectivity index (χ0) is 22.5. The number of benzene rings is 1. The first kappa shape index (κ1) is 22.4. The predicted molar refractivity (Wildman–Crippen MR) is 116 cm³/mol. The lowest BCUT2D eigenvalue weighted by molar-refractivity contribution is -0.125. The maximum Gasteiger partial charge on any atom is 0.321 e. The van der Waals surface area contributed by atoms with Crippen LogP contribution in [0.5, 0.6) is 0 Å². The van der Waals surface area contributed by atoms with Crippen LogP contribution >= 0.6 is 0 Å². The van der Waals surface area contributed by atoms with Crippen LogP contribution in [0.15, 0.2) is 28.8 Å². The van der Waals surface area contributed by atoms with Crippen molar-refractivity contribution in [3.8, 4) is 11.4 Å². The van der Waals surface area contributed by atoms with E-state index in [0.29, 0.717) is 23.8 Å². The van der Waals surface area contributed by atoms with Crippen LogP contribution in [-0.4, -0.2) is 52.2 Å². The van der Waals surface area contributed by atoms with Gasteiger partial charge in [0.2, 0.25) is 17.6 Å². The maximum atomic E-state index is 13.5. The number of imide groups is 1. The number of halogens is 1. The molecule has 4 rings (SSSR count). The summed E-state index contributed by atoms with van der Waals surface area (Å²) in [7, 11) is 0. The normalized spacial score (nSPS) is 21.1. The molecule has 2 atom stereocenters. The van der Waals surface area contributed by atoms with Gasteiger partial charge >= 0.3 is 6.03 Å². The van der Waals surface area contributed by atoms with Crippen LogP contribution in [0, 0.1) is 5.82 Å². The smallest absolute Gasteiger partial charge is 0.321 e. The number of amides is 3. The van der Waals surface area contributed by atoms with Gasteiger partial charge in [-0.2, -0.15) is 4.98 Å². The number of likely N-dealkylation sites (tertiary alicyclic amines) is 1. The highest BCUT2D eigenvalue weighted by Gasteiger charge is 2.32. The molecule has 2 unspecified atom stereocenters. The summed E-state index contributed by atoms with van der Waals surface area (Å²) in [5, 5.41) is 9.41. The lowest BCUT2D eigenvalue weighted by Gasteiger charge is -2.34. The molecule has 2 heterocycles. The first-order valence-corrected chi connectivity index (χ1v) is 11.4. The Bertz CT molecular complexity index is 943. The van der Waals surface area contributed by atoms with Crippen LogP contribution in [0.25, 0.3) is 11.4 Å². The van der Waals surface area contributed by atoms with Crippen molar-refractivity contribution >= 4 is 11.9 Å². The van der Waals surface area contributed by atoms with Crippen LogP contribution in [0.3, 0.4) is 0 Å². The van der Waals surface area contributed by atoms with Gasteiger partial charge in [0.05, 0.1) is 12.0 Å². The number of piperidine rings is 1. The monoisotopic (exact) mass is 443 g/mol. The van der Waals surface area contributed by atoms with Crippen molar-refractivity contribution in [1.29, 1.82) is 0 Å². The van der Waals surface area contributed by atoms with E-state index in [-0.39, 0.29) is 23.7 Å². The van der Waals surface area contributed by atoms with Gasteiger partial charge in [0.15, 0.2) is 0 Å². The molecule has 1 saturated heterocycles. The van der Waals surface area contributed by atoms with Crippen molar-refractivity contribution in [2.75, 3.05) is 13.1 Å². The molecule has 32 heavy (non-hydrogen) atoms. The van der Waals surface area contributed by atoms with Crippen molar-refractivity contribution < 1.29 is 18.5 Å². The average Bonchev–Trinajstić information content (AvgIpc) is 3.30. The predicted octanol–water partition coefficient (Wildman–Crippen LogP) is 3.60. The fourth-order valence-corrected chi connectivity index (χ4v) is 4.56. The van der Waals surface area contributed by atoms with E-state index in [4.69, 9.17) is 4.52 Å². The molecule has 2 aromatic rings. The number of aromatic nitrogens is 2. The molecule has 2 N–H and O–H groups in total. The van der Waals surface area contributed by atoms with Gasteiger partial charge < -0.3 is 9.84 Å². The lowest BCUT2D eigenvalue weighted by Crippen LogP contribution is -2.53. The van der Waals surface area contributed by atoms with Crippen LogP contribution < -0.4 is 10.6 Å². The third-order valence-electron chi connectivity index (χ3n) is 6.43. The Morgan fingerprint density at radius 3 is 2.78 bits per heavy atom. The van der Waals surface area contributed by atoms with E-state index in [1.165, 1.54) is 18.6 Å². The second-order valence-corrected chi connectivity index (χ2v) is 8.77. The Kier molecular flexibility index (Phi) is 7.14. The third kappa shape index (κ3) is 5.51. The van der Waals surface area contributed by atoms with Crippen LogP contribution in [0.1, 0.15) is 63.7 Å². The number of carbonyl (C=O) groups excluding carboxylic acids is 2. The number of urea groups is 1. The van der Waals surface area contributed by atoms with Gasteiger partial charge in [0, 0.05) is 18.2 Å². The molecule has 2 aliphatic rings. The second-order valence-electron chi connectivity index (χ2n) is 8.77. The highest BCUT2D eigenvalue weighted by molar-refractivity contribution is 5.96. The molecule has 0 spiro atoms. The van der Waals surface area contributed by atoms with Crippen LogP contribution in [-0.2, 0) is 4.79 Å². The summed E-state index contributed by atoms with van der Waals surface area (Å²) in [5.41, 5.74) is 0.560. The zero-order valence-electron chi connectivity index (χ0n) is 18.3. The van der Waals surface area contributed by atoms with E-state index in [1.807, 2.05) is 4.90 Å². The summed E-state index contributed by atoms with van der Waals surface area (Å²) < 4.78 is 19.0. The molecule has 1 aromatic heterocycles. The minimum Gasteiger partial charge on any atom is -0.339 e. The SMILES string of the molecule is CC(C(=O)NC(=O)NC1CCCCC1)N1CCCC(c2nc(-c3cccc(F)c3)no2)C1. The fourth-order valence-electron chi connectivity index (χ4n) is 4.56. The lowest BCUT2D eigenvalue weighted by atomic mass is 9.96. The summed E-state index contributed by atoms with van der Waals surface area (Å²) >= 11 is 0. The van der Waals surface area contributed by atoms with Crippen LogP contribution in [0.4, 0.5) is 9.18 Å². The van der Waals surface area contributed by atoms with Crippen molar-refractivity contribution in [2.45, 2.75) is 69.9 Å². The molecule has 0 radical (unpaired) electrons. The topological polar surface area (TPSA) is 100 Å². The molecule has 3 amide bonds. The molecular formula is C23H30FN5O3. The summed E-state index contributed by atoms with van der Waals surface area (Å²) in [6, 6.07) is 5.34. The van der Waals surface area contributed by atoms with Gasteiger partial charge in [-0.25, -0.2) is 9.18 Å². The van der Waals surface area contributed by atoms with Crippen molar-refractivity contribution in [2.24, 2.45) is 0 Å². The molecule has 1 aliphatic carbocycles. The van der Waals surface area contributed by atoms with Gasteiger partial charge in [0.25, 0.3) is 0 Å². The number of nitrogens with zero attached hydrogens (tertiary/aromatic N) is 3. The van der Waals surface area contributed by atoms with E-state index < -0.39 is 12.1 Å². The fraction of sp³-hybridized carbons (Fsp3) is 0.565. The minimum absolute atomic E-state index is 0.0233. The van der Waals surface area contributed by atoms with Crippen molar-refractivity contribution in [3.05, 3.63) is 36.0 Å². The van der Waals surface area contributed by atoms with E-state index in [2.05, 4.69) is 20.8 Å². The Morgan fingerprint density at radius 2 is 2.00 bits per heavy atom. The first-order valence-electron chi connectivity index (χ1n) is 11.4. The standard InChI is InChI=1S/C23H30FN5O3/c1-15(21(30)27-23(31)25-19-10-3-2-4-11-19)29-12-6-8-17(14-29)22-26-20(28-32-22)16-7-5-9-18(24)13-16/h5,7,9,13,15,17,19H,2-4,6,8,10-12,14H2,1H3,(H2,25,27,30,31). The quantitative estimate of drug-likeness (QED) is 0.732. The second kappa shape index (κ2) is 10.2. The zero-order valence-corrected chi connectivity index (χ0v) is 18.3. The minimum atomic E-state index is -0.458. The largest absolute Gasteiger partial charge is 0.339 e. The summed E-state index contributed by atoms with van der Waals surface area (Å²) in [6.07, 6.45) is 7.09. The summed E-state index contributed by atoms with van der Waals surface area (Å²) in [5.74, 6) is 0.137. The molecule has 2 fully saturated rings. The van der Waals surface area contributed by atoms with E-state index in [1.54, 1.807) is 19.1 Å². The number of hydrogen-bond acceptors (Lipinski definition) is 6. The Morgan fingerprint density at radius 1 is 1.19 bits per heavy atom. The molecule has 1 aliphatic heterocycles. The molecule has 172 valence electrons. The summed E-state index contributed by atoms with van der Waals surface area (Å²) in [6.45, 7) is 3.13. The van der Waals surface area contributed by atoms with Gasteiger partial charge in [-0.3, -0.25) is 15.0 Å². The van der Waals surface area contributed by atoms with Gasteiger partial charge in [-0.05, 0) is 51.3 Å². The maximum absolute atomic E-state index is 13.5. The molecule has 8 nitrogen and oxygen atoms in total. The van der Waals surface area contributed by atoms with E-state index in [9.17, 15) is 14.0 Å². The molecular weight excluding hydrogens is 413 g/mol. The number of hydrogen-bond donors (Lipinski definition) is 2. The summed E-state index contributed by atoms with van der Waals surface area (Å²) in [4.78, 5) is 31.4. The third-order valence-corrected chi connectivity index (χ3v) is 6.43. The number of carbonyl (C=O) groups is 2. The van der Waals surface area contributed by atoms with E-state index >= 15 is 0 Å². The number of rotatable bonds is 5. The number of nitrogens with one attached hydrogen (secondary N) is 2.